The van der Waals surface area contributed by atoms with Crippen LogP contribution in [0.25, 0.3) is 0 Å². The molecule has 2 heteroatoms. The zero-order chi connectivity index (χ0) is 18.5. The van der Waals surface area contributed by atoms with Gasteiger partial charge >= 0.3 is 0 Å². The summed E-state index contributed by atoms with van der Waals surface area (Å²) in [5.41, 5.74) is 22.5. The van der Waals surface area contributed by atoms with Gasteiger partial charge in [0.25, 0.3) is 0 Å². The maximum atomic E-state index is 6.89. The molecule has 4 N–H and O–H groups in total. The van der Waals surface area contributed by atoms with Crippen molar-refractivity contribution in [1.29, 1.82) is 0 Å². The van der Waals surface area contributed by atoms with Gasteiger partial charge in [0.1, 0.15) is 0 Å². The monoisotopic (exact) mass is 342 g/mol. The molecule has 2 nitrogen and oxygen atoms in total. The van der Waals surface area contributed by atoms with Crippen LogP contribution < -0.4 is 11.5 Å². The van der Waals surface area contributed by atoms with Gasteiger partial charge in [-0.1, -0.05) is 48.5 Å². The van der Waals surface area contributed by atoms with E-state index in [2.05, 4.69) is 69.3 Å². The van der Waals surface area contributed by atoms with E-state index in [4.69, 9.17) is 11.5 Å². The van der Waals surface area contributed by atoms with E-state index < -0.39 is 0 Å². The molecule has 1 aliphatic carbocycles. The Morgan fingerprint density at radius 3 is 2.23 bits per heavy atom. The van der Waals surface area contributed by atoms with E-state index in [0.29, 0.717) is 0 Å². The second-order valence-corrected chi connectivity index (χ2v) is 7.58. The Labute approximate surface area is 155 Å². The van der Waals surface area contributed by atoms with E-state index in [1.807, 2.05) is 12.1 Å². The number of rotatable bonds is 2. The fraction of sp³-hybridized carbons (Fsp3) is 0.250. The molecule has 0 aromatic heterocycles. The molecule has 0 aliphatic heterocycles. The van der Waals surface area contributed by atoms with Gasteiger partial charge in [0.2, 0.25) is 0 Å². The summed E-state index contributed by atoms with van der Waals surface area (Å²) in [5, 5.41) is 0. The third-order valence-electron chi connectivity index (χ3n) is 6.29. The smallest absolute Gasteiger partial charge is 0.0610 e. The SMILES string of the molecule is Cc1ccc(C2(c3ccc(N)cc3)c3ccccc3CC2N)c(C)c1C. The van der Waals surface area contributed by atoms with Gasteiger partial charge in [-0.2, -0.15) is 0 Å². The number of hydrogen-bond acceptors (Lipinski definition) is 2. The van der Waals surface area contributed by atoms with Crippen LogP contribution in [0.2, 0.25) is 0 Å². The van der Waals surface area contributed by atoms with Gasteiger partial charge in [-0.15, -0.1) is 0 Å². The van der Waals surface area contributed by atoms with E-state index in [1.54, 1.807) is 0 Å². The highest BCUT2D eigenvalue weighted by atomic mass is 14.7. The lowest BCUT2D eigenvalue weighted by Crippen LogP contribution is -2.45. The molecule has 4 rings (SSSR count). The van der Waals surface area contributed by atoms with Gasteiger partial charge in [-0.3, -0.25) is 0 Å². The van der Waals surface area contributed by atoms with Crippen LogP contribution in [-0.4, -0.2) is 6.04 Å². The summed E-state index contributed by atoms with van der Waals surface area (Å²) in [6, 6.07) is 21.4. The number of fused-ring (bicyclic) bond motifs is 1. The molecule has 2 atom stereocenters. The van der Waals surface area contributed by atoms with E-state index >= 15 is 0 Å². The largest absolute Gasteiger partial charge is 0.399 e. The molecule has 0 saturated carbocycles. The first-order valence-electron chi connectivity index (χ1n) is 9.23. The van der Waals surface area contributed by atoms with Crippen LogP contribution in [0, 0.1) is 20.8 Å². The van der Waals surface area contributed by atoms with Gasteiger partial charge < -0.3 is 11.5 Å². The Morgan fingerprint density at radius 2 is 1.50 bits per heavy atom. The first kappa shape index (κ1) is 16.9. The highest BCUT2D eigenvalue weighted by molar-refractivity contribution is 5.62. The van der Waals surface area contributed by atoms with Gasteiger partial charge in [-0.25, -0.2) is 0 Å². The van der Waals surface area contributed by atoms with Gasteiger partial charge in [0.15, 0.2) is 0 Å². The number of nitrogens with two attached hydrogens (primary N) is 2. The van der Waals surface area contributed by atoms with Crippen molar-refractivity contribution >= 4 is 5.69 Å². The average Bonchev–Trinajstić information content (AvgIpc) is 2.93. The van der Waals surface area contributed by atoms with Crippen molar-refractivity contribution in [2.45, 2.75) is 38.6 Å². The third kappa shape index (κ3) is 2.22. The third-order valence-corrected chi connectivity index (χ3v) is 6.29. The number of anilines is 1. The van der Waals surface area contributed by atoms with Crippen LogP contribution >= 0.6 is 0 Å². The normalized spacial score (nSPS) is 21.6. The highest BCUT2D eigenvalue weighted by Gasteiger charge is 2.48. The summed E-state index contributed by atoms with van der Waals surface area (Å²) in [4.78, 5) is 0. The Kier molecular flexibility index (Phi) is 3.89. The summed E-state index contributed by atoms with van der Waals surface area (Å²) >= 11 is 0. The number of aryl methyl sites for hydroxylation is 1. The molecule has 3 aromatic carbocycles. The molecule has 3 aromatic rings. The van der Waals surface area contributed by atoms with E-state index in [9.17, 15) is 0 Å². The van der Waals surface area contributed by atoms with Crippen molar-refractivity contribution in [1.82, 2.24) is 0 Å². The number of hydrogen-bond donors (Lipinski definition) is 2. The number of benzene rings is 3. The molecule has 0 fully saturated rings. The van der Waals surface area contributed by atoms with Gasteiger partial charge in [0, 0.05) is 11.7 Å². The quantitative estimate of drug-likeness (QED) is 0.678. The van der Waals surface area contributed by atoms with Crippen molar-refractivity contribution in [3.05, 3.63) is 99.6 Å². The fourth-order valence-corrected chi connectivity index (χ4v) is 4.67. The first-order chi connectivity index (χ1) is 12.5. The summed E-state index contributed by atoms with van der Waals surface area (Å²) in [6.45, 7) is 6.60. The van der Waals surface area contributed by atoms with Crippen LogP contribution in [0.5, 0.6) is 0 Å². The van der Waals surface area contributed by atoms with Crippen molar-refractivity contribution in [3.8, 4) is 0 Å². The van der Waals surface area contributed by atoms with Gasteiger partial charge in [0.05, 0.1) is 5.41 Å². The van der Waals surface area contributed by atoms with Crippen molar-refractivity contribution in [3.63, 3.8) is 0 Å². The fourth-order valence-electron chi connectivity index (χ4n) is 4.67. The molecule has 26 heavy (non-hydrogen) atoms. The van der Waals surface area contributed by atoms with E-state index in [0.717, 1.165) is 12.1 Å². The zero-order valence-corrected chi connectivity index (χ0v) is 15.7. The van der Waals surface area contributed by atoms with Crippen molar-refractivity contribution in [2.24, 2.45) is 5.73 Å². The molecule has 0 radical (unpaired) electrons. The molecule has 132 valence electrons. The predicted octanol–water partition coefficient (Wildman–Crippen LogP) is 4.41. The summed E-state index contributed by atoms with van der Waals surface area (Å²) in [7, 11) is 0. The highest BCUT2D eigenvalue weighted by Crippen LogP contribution is 2.49. The van der Waals surface area contributed by atoms with Crippen LogP contribution in [0.1, 0.15) is 38.9 Å². The maximum Gasteiger partial charge on any atom is 0.0610 e. The Hall–Kier alpha value is -2.58. The molecular weight excluding hydrogens is 316 g/mol. The van der Waals surface area contributed by atoms with Crippen LogP contribution in [0.4, 0.5) is 5.69 Å². The van der Waals surface area contributed by atoms with Crippen molar-refractivity contribution < 1.29 is 0 Å². The predicted molar refractivity (Wildman–Crippen MR) is 110 cm³/mol. The topological polar surface area (TPSA) is 52.0 Å². The van der Waals surface area contributed by atoms with Crippen LogP contribution in [-0.2, 0) is 11.8 Å². The molecular formula is C24H26N2. The van der Waals surface area contributed by atoms with Crippen LogP contribution in [0.3, 0.4) is 0 Å². The number of nitrogen functional groups attached to an aromatic ring is 1. The Bertz CT molecular complexity index is 972. The average molecular weight is 342 g/mol. The second-order valence-electron chi connectivity index (χ2n) is 7.58. The molecule has 2 unspecified atom stereocenters. The minimum Gasteiger partial charge on any atom is -0.399 e. The first-order valence-corrected chi connectivity index (χ1v) is 9.23. The second kappa shape index (κ2) is 6.00. The van der Waals surface area contributed by atoms with E-state index in [1.165, 1.54) is 38.9 Å². The Balaban J connectivity index is 2.10. The lowest BCUT2D eigenvalue weighted by molar-refractivity contribution is 0.512. The van der Waals surface area contributed by atoms with Gasteiger partial charge in [-0.05, 0) is 78.3 Å². The lowest BCUT2D eigenvalue weighted by atomic mass is 9.66. The summed E-state index contributed by atoms with van der Waals surface area (Å²) in [5.74, 6) is 0. The molecule has 1 aliphatic rings. The maximum absolute atomic E-state index is 6.89. The molecule has 0 saturated heterocycles. The minimum atomic E-state index is -0.340. The van der Waals surface area contributed by atoms with Crippen molar-refractivity contribution in [2.75, 3.05) is 5.73 Å². The molecule has 0 amide bonds. The molecule has 0 heterocycles. The minimum absolute atomic E-state index is 0.00988. The van der Waals surface area contributed by atoms with E-state index in [-0.39, 0.29) is 11.5 Å². The van der Waals surface area contributed by atoms with Crippen LogP contribution in [0.15, 0.2) is 60.7 Å². The molecule has 0 bridgehead atoms. The summed E-state index contributed by atoms with van der Waals surface area (Å²) in [6.07, 6.45) is 0.882. The lowest BCUT2D eigenvalue weighted by Gasteiger charge is -2.38. The summed E-state index contributed by atoms with van der Waals surface area (Å²) < 4.78 is 0. The Morgan fingerprint density at radius 1 is 0.808 bits per heavy atom. The zero-order valence-electron chi connectivity index (χ0n) is 15.7. The standard InChI is InChI=1S/C24H26N2/c1-15-8-13-21(17(3)16(15)2)24(19-9-11-20(25)12-10-19)22-7-5-4-6-18(22)14-23(24)26/h4-13,23H,14,25-26H2,1-3H3. The molecule has 0 spiro atoms.